The number of carbonyl (C=O) groups is 2. The van der Waals surface area contributed by atoms with Crippen LogP contribution in [0.25, 0.3) is 0 Å². The van der Waals surface area contributed by atoms with Crippen LogP contribution in [0.1, 0.15) is 31.8 Å². The summed E-state index contributed by atoms with van der Waals surface area (Å²) in [6.07, 6.45) is 0. The summed E-state index contributed by atoms with van der Waals surface area (Å²) in [7, 11) is 3.10. The zero-order chi connectivity index (χ0) is 22.4. The molecule has 1 N–H and O–H groups in total. The van der Waals surface area contributed by atoms with E-state index in [1.54, 1.807) is 50.6 Å². The first kappa shape index (κ1) is 21.5. The van der Waals surface area contributed by atoms with Crippen molar-refractivity contribution in [3.63, 3.8) is 0 Å². The van der Waals surface area contributed by atoms with Crippen molar-refractivity contribution in [2.75, 3.05) is 19.5 Å². The molecule has 0 saturated heterocycles. The number of ether oxygens (including phenoxy) is 2. The molecule has 0 aliphatic carbocycles. The Morgan fingerprint density at radius 1 is 1.00 bits per heavy atom. The number of hydrogen-bond acceptors (Lipinski definition) is 7. The van der Waals surface area contributed by atoms with Crippen molar-refractivity contribution >= 4 is 23.1 Å². The molecule has 0 amide bonds. The second-order valence-electron chi connectivity index (χ2n) is 6.54. The van der Waals surface area contributed by atoms with Crippen molar-refractivity contribution in [3.05, 3.63) is 99.1 Å². The van der Waals surface area contributed by atoms with Crippen molar-refractivity contribution in [1.82, 2.24) is 0 Å². The molecule has 0 aromatic heterocycles. The van der Waals surface area contributed by atoms with Crippen LogP contribution in [0.4, 0.5) is 11.4 Å². The quantitative estimate of drug-likeness (QED) is 0.251. The fraction of sp³-hybridized carbons (Fsp3) is 0.130. The number of anilines is 1. The van der Waals surface area contributed by atoms with E-state index in [1.165, 1.54) is 30.3 Å². The Morgan fingerprint density at radius 3 is 2.42 bits per heavy atom. The Balaban J connectivity index is 1.85. The number of nitrogens with one attached hydrogen (secondary N) is 1. The van der Waals surface area contributed by atoms with Crippen molar-refractivity contribution < 1.29 is 24.0 Å². The topological polar surface area (TPSA) is 108 Å². The van der Waals surface area contributed by atoms with Crippen LogP contribution >= 0.6 is 0 Å². The third-order valence-corrected chi connectivity index (χ3v) is 4.62. The van der Waals surface area contributed by atoms with Crippen LogP contribution in [0.5, 0.6) is 5.75 Å². The van der Waals surface area contributed by atoms with Gasteiger partial charge in [-0.15, -0.1) is 0 Å². The Labute approximate surface area is 178 Å². The molecule has 0 saturated carbocycles. The number of carbonyl (C=O) groups excluding carboxylic acids is 2. The lowest BCUT2D eigenvalue weighted by Crippen LogP contribution is -2.13. The highest BCUT2D eigenvalue weighted by atomic mass is 16.6. The predicted octanol–water partition coefficient (Wildman–Crippen LogP) is 4.23. The molecule has 31 heavy (non-hydrogen) atoms. The van der Waals surface area contributed by atoms with Gasteiger partial charge in [-0.2, -0.15) is 0 Å². The van der Waals surface area contributed by atoms with Crippen LogP contribution < -0.4 is 10.1 Å². The first-order valence-corrected chi connectivity index (χ1v) is 9.34. The van der Waals surface area contributed by atoms with Gasteiger partial charge in [0, 0.05) is 24.2 Å². The number of ketones is 1. The minimum Gasteiger partial charge on any atom is -0.497 e. The highest BCUT2D eigenvalue weighted by Crippen LogP contribution is 2.27. The maximum absolute atomic E-state index is 13.0. The smallest absolute Gasteiger partial charge is 0.339 e. The van der Waals surface area contributed by atoms with Crippen molar-refractivity contribution in [3.8, 4) is 5.75 Å². The molecule has 158 valence electrons. The number of nitrogens with zero attached hydrogens (tertiary/aromatic N) is 1. The van der Waals surface area contributed by atoms with E-state index in [9.17, 15) is 19.7 Å². The van der Waals surface area contributed by atoms with Crippen molar-refractivity contribution in [2.45, 2.75) is 6.61 Å². The summed E-state index contributed by atoms with van der Waals surface area (Å²) < 4.78 is 10.5. The molecule has 3 aromatic carbocycles. The van der Waals surface area contributed by atoms with Gasteiger partial charge in [-0.1, -0.05) is 30.3 Å². The second kappa shape index (κ2) is 9.53. The first-order chi connectivity index (χ1) is 14.9. The third-order valence-electron chi connectivity index (χ3n) is 4.62. The van der Waals surface area contributed by atoms with Gasteiger partial charge in [-0.3, -0.25) is 14.9 Å². The molecule has 0 unspecified atom stereocenters. The number of methoxy groups -OCH3 is 1. The van der Waals surface area contributed by atoms with Crippen LogP contribution in [0.15, 0.2) is 66.7 Å². The molecule has 0 atom stereocenters. The molecule has 8 nitrogen and oxygen atoms in total. The molecule has 0 heterocycles. The van der Waals surface area contributed by atoms with Gasteiger partial charge < -0.3 is 14.8 Å². The van der Waals surface area contributed by atoms with Crippen LogP contribution in [0.3, 0.4) is 0 Å². The van der Waals surface area contributed by atoms with E-state index in [4.69, 9.17) is 9.47 Å². The van der Waals surface area contributed by atoms with E-state index in [0.29, 0.717) is 5.75 Å². The number of esters is 1. The molecule has 0 radical (unpaired) electrons. The van der Waals surface area contributed by atoms with E-state index in [0.717, 1.165) is 5.56 Å². The van der Waals surface area contributed by atoms with Gasteiger partial charge >= 0.3 is 5.97 Å². The molecule has 3 aromatic rings. The van der Waals surface area contributed by atoms with E-state index < -0.39 is 16.7 Å². The lowest BCUT2D eigenvalue weighted by atomic mass is 9.97. The summed E-state index contributed by atoms with van der Waals surface area (Å²) in [5.41, 5.74) is 1.06. The van der Waals surface area contributed by atoms with Gasteiger partial charge in [0.2, 0.25) is 0 Å². The molecular formula is C23H20N2O6. The summed E-state index contributed by atoms with van der Waals surface area (Å²) in [4.78, 5) is 36.4. The molecule has 8 heteroatoms. The summed E-state index contributed by atoms with van der Waals surface area (Å²) in [5, 5.41) is 14.0. The average molecular weight is 420 g/mol. The van der Waals surface area contributed by atoms with Gasteiger partial charge in [0.05, 0.1) is 17.6 Å². The zero-order valence-corrected chi connectivity index (χ0v) is 17.0. The van der Waals surface area contributed by atoms with E-state index in [-0.39, 0.29) is 34.7 Å². The highest BCUT2D eigenvalue weighted by Gasteiger charge is 2.22. The standard InChI is InChI=1S/C23H20N2O6/c1-24-20-11-10-16(13-21(20)25(28)29)22(26)18-8-3-4-9-19(18)23(27)31-14-15-6-5-7-17(12-15)30-2/h3-13,24H,14H2,1-2H3. The fourth-order valence-corrected chi connectivity index (χ4v) is 3.04. The molecule has 0 fully saturated rings. The number of hydrogen-bond donors (Lipinski definition) is 1. The first-order valence-electron chi connectivity index (χ1n) is 9.34. The van der Waals surface area contributed by atoms with Crippen molar-refractivity contribution in [1.29, 1.82) is 0 Å². The minimum absolute atomic E-state index is 0.000889. The minimum atomic E-state index is -0.673. The predicted molar refractivity (Wildman–Crippen MR) is 115 cm³/mol. The second-order valence-corrected chi connectivity index (χ2v) is 6.54. The molecule has 3 rings (SSSR count). The highest BCUT2D eigenvalue weighted by molar-refractivity contribution is 6.14. The molecule has 0 aliphatic rings. The number of nitro groups is 1. The van der Waals surface area contributed by atoms with Gasteiger partial charge in [-0.05, 0) is 35.9 Å². The lowest BCUT2D eigenvalue weighted by Gasteiger charge is -2.10. The largest absolute Gasteiger partial charge is 0.497 e. The Morgan fingerprint density at radius 2 is 1.74 bits per heavy atom. The van der Waals surface area contributed by atoms with E-state index >= 15 is 0 Å². The third kappa shape index (κ3) is 4.87. The Kier molecular flexibility index (Phi) is 6.61. The van der Waals surface area contributed by atoms with Gasteiger partial charge in [-0.25, -0.2) is 4.79 Å². The molecule has 0 bridgehead atoms. The van der Waals surface area contributed by atoms with E-state index in [2.05, 4.69) is 5.32 Å². The van der Waals surface area contributed by atoms with Crippen LogP contribution in [0, 0.1) is 10.1 Å². The fourth-order valence-electron chi connectivity index (χ4n) is 3.04. The summed E-state index contributed by atoms with van der Waals surface area (Å²) >= 11 is 0. The Hall–Kier alpha value is -4.20. The summed E-state index contributed by atoms with van der Waals surface area (Å²) in [6.45, 7) is 0.000889. The lowest BCUT2D eigenvalue weighted by molar-refractivity contribution is -0.384. The molecule has 0 aliphatic heterocycles. The summed E-state index contributed by atoms with van der Waals surface area (Å²) in [6, 6.07) is 17.4. The maximum Gasteiger partial charge on any atom is 0.339 e. The monoisotopic (exact) mass is 420 g/mol. The van der Waals surface area contributed by atoms with Gasteiger partial charge in [0.1, 0.15) is 18.0 Å². The average Bonchev–Trinajstić information content (AvgIpc) is 2.81. The number of benzene rings is 3. The zero-order valence-electron chi connectivity index (χ0n) is 17.0. The van der Waals surface area contributed by atoms with Crippen LogP contribution in [0.2, 0.25) is 0 Å². The normalized spacial score (nSPS) is 10.3. The van der Waals surface area contributed by atoms with Gasteiger partial charge in [0.15, 0.2) is 5.78 Å². The van der Waals surface area contributed by atoms with Crippen LogP contribution in [-0.4, -0.2) is 30.8 Å². The molecule has 0 spiro atoms. The number of rotatable bonds is 8. The number of nitro benzene ring substituents is 1. The SMILES string of the molecule is CNc1ccc(C(=O)c2ccccc2C(=O)OCc2cccc(OC)c2)cc1[N+](=O)[O-]. The summed E-state index contributed by atoms with van der Waals surface area (Å²) in [5.74, 6) is -0.552. The maximum atomic E-state index is 13.0. The van der Waals surface area contributed by atoms with Crippen molar-refractivity contribution in [2.24, 2.45) is 0 Å². The van der Waals surface area contributed by atoms with E-state index in [1.807, 2.05) is 0 Å². The van der Waals surface area contributed by atoms with Gasteiger partial charge in [0.25, 0.3) is 5.69 Å². The molecular weight excluding hydrogens is 400 g/mol. The Bertz CT molecular complexity index is 1140. The van der Waals surface area contributed by atoms with Crippen LogP contribution in [-0.2, 0) is 11.3 Å².